The monoisotopic (exact) mass is 330 g/mol. The van der Waals surface area contributed by atoms with E-state index in [1.807, 2.05) is 0 Å². The summed E-state index contributed by atoms with van der Waals surface area (Å²) in [6.07, 6.45) is 1.22. The van der Waals surface area contributed by atoms with Crippen LogP contribution in [0.1, 0.15) is 5.56 Å². The van der Waals surface area contributed by atoms with Crippen molar-refractivity contribution in [3.8, 4) is 11.3 Å². The Labute approximate surface area is 130 Å². The number of rotatable bonds is 3. The molecule has 0 aliphatic carbocycles. The van der Waals surface area contributed by atoms with Gasteiger partial charge in [-0.15, -0.1) is 0 Å². The van der Waals surface area contributed by atoms with Crippen molar-refractivity contribution in [1.29, 1.82) is 0 Å². The van der Waals surface area contributed by atoms with E-state index < -0.39 is 5.97 Å². The van der Waals surface area contributed by atoms with Gasteiger partial charge in [0, 0.05) is 5.56 Å². The van der Waals surface area contributed by atoms with Crippen LogP contribution in [-0.2, 0) is 11.2 Å². The largest absolute Gasteiger partial charge is 0.481 e. The van der Waals surface area contributed by atoms with Crippen LogP contribution in [0.3, 0.4) is 0 Å². The lowest BCUT2D eigenvalue weighted by atomic mass is 10.1. The molecular weight excluding hydrogens is 323 g/mol. The van der Waals surface area contributed by atoms with E-state index in [1.54, 1.807) is 18.2 Å². The number of carboxylic acids is 1. The van der Waals surface area contributed by atoms with Gasteiger partial charge in [0.1, 0.15) is 0 Å². The molecule has 0 amide bonds. The van der Waals surface area contributed by atoms with Gasteiger partial charge >= 0.3 is 5.97 Å². The summed E-state index contributed by atoms with van der Waals surface area (Å²) in [5.41, 5.74) is 7.66. The van der Waals surface area contributed by atoms with E-state index in [2.05, 4.69) is 4.98 Å². The van der Waals surface area contributed by atoms with Crippen LogP contribution in [0.2, 0.25) is 15.1 Å². The molecule has 2 rings (SSSR count). The molecule has 0 bridgehead atoms. The van der Waals surface area contributed by atoms with Crippen molar-refractivity contribution in [3.05, 3.63) is 45.0 Å². The number of carbonyl (C=O) groups is 1. The second-order valence-electron chi connectivity index (χ2n) is 4.09. The third-order valence-electron chi connectivity index (χ3n) is 2.65. The van der Waals surface area contributed by atoms with Gasteiger partial charge in [-0.05, 0) is 23.8 Å². The maximum Gasteiger partial charge on any atom is 0.307 e. The highest BCUT2D eigenvalue weighted by Crippen LogP contribution is 2.35. The molecule has 0 fully saturated rings. The Morgan fingerprint density at radius 1 is 1.20 bits per heavy atom. The Balaban J connectivity index is 2.50. The number of aliphatic carboxylic acids is 1. The zero-order valence-corrected chi connectivity index (χ0v) is 12.3. The lowest BCUT2D eigenvalue weighted by molar-refractivity contribution is -0.136. The minimum atomic E-state index is -0.971. The highest BCUT2D eigenvalue weighted by molar-refractivity contribution is 6.48. The highest BCUT2D eigenvalue weighted by atomic mass is 35.5. The Bertz CT molecular complexity index is 666. The predicted molar refractivity (Wildman–Crippen MR) is 80.5 cm³/mol. The SMILES string of the molecule is Nc1cnc(-c2cc(Cl)c(Cl)c(Cl)c2)cc1CC(=O)O. The fraction of sp³-hybridized carbons (Fsp3) is 0.0769. The van der Waals surface area contributed by atoms with Crippen molar-refractivity contribution in [1.82, 2.24) is 4.98 Å². The van der Waals surface area contributed by atoms with Crippen LogP contribution in [0, 0.1) is 0 Å². The van der Waals surface area contributed by atoms with Crippen LogP contribution in [-0.4, -0.2) is 16.1 Å². The van der Waals surface area contributed by atoms with Crippen LogP contribution in [0.15, 0.2) is 24.4 Å². The molecule has 0 aliphatic heterocycles. The second kappa shape index (κ2) is 5.87. The van der Waals surface area contributed by atoms with Gasteiger partial charge in [-0.25, -0.2) is 0 Å². The number of aromatic nitrogens is 1. The van der Waals surface area contributed by atoms with Gasteiger partial charge in [-0.2, -0.15) is 0 Å². The van der Waals surface area contributed by atoms with Crippen LogP contribution >= 0.6 is 34.8 Å². The number of nitrogens with zero attached hydrogens (tertiary/aromatic N) is 1. The van der Waals surface area contributed by atoms with Gasteiger partial charge in [0.05, 0.1) is 39.1 Å². The summed E-state index contributed by atoms with van der Waals surface area (Å²) in [4.78, 5) is 14.9. The molecule has 20 heavy (non-hydrogen) atoms. The number of pyridine rings is 1. The van der Waals surface area contributed by atoms with Gasteiger partial charge in [-0.3, -0.25) is 9.78 Å². The normalized spacial score (nSPS) is 10.6. The zero-order valence-electron chi connectivity index (χ0n) is 10.0. The number of benzene rings is 1. The number of nitrogens with two attached hydrogens (primary N) is 1. The molecule has 7 heteroatoms. The molecule has 0 atom stereocenters. The van der Waals surface area contributed by atoms with Crippen molar-refractivity contribution >= 4 is 46.5 Å². The Morgan fingerprint density at radius 3 is 2.35 bits per heavy atom. The molecular formula is C13H9Cl3N2O2. The molecule has 1 aromatic carbocycles. The minimum Gasteiger partial charge on any atom is -0.481 e. The quantitative estimate of drug-likeness (QED) is 0.836. The fourth-order valence-electron chi connectivity index (χ4n) is 1.68. The van der Waals surface area contributed by atoms with Gasteiger partial charge in [-0.1, -0.05) is 34.8 Å². The summed E-state index contributed by atoms with van der Waals surface area (Å²) >= 11 is 17.8. The Hall–Kier alpha value is -1.49. The molecule has 0 saturated heterocycles. The first-order valence-electron chi connectivity index (χ1n) is 5.49. The molecule has 2 aromatic rings. The Morgan fingerprint density at radius 2 is 1.80 bits per heavy atom. The number of carboxylic acid groups (broad SMARTS) is 1. The third-order valence-corrected chi connectivity index (χ3v) is 3.84. The summed E-state index contributed by atoms with van der Waals surface area (Å²) in [6, 6.07) is 4.82. The van der Waals surface area contributed by atoms with Crippen molar-refractivity contribution in [2.45, 2.75) is 6.42 Å². The lowest BCUT2D eigenvalue weighted by Gasteiger charge is -2.08. The molecule has 1 aromatic heterocycles. The van der Waals surface area contributed by atoms with Crippen molar-refractivity contribution < 1.29 is 9.90 Å². The number of hydrogen-bond acceptors (Lipinski definition) is 3. The van der Waals surface area contributed by atoms with Crippen LogP contribution in [0.25, 0.3) is 11.3 Å². The molecule has 0 saturated carbocycles. The first-order chi connectivity index (χ1) is 9.38. The highest BCUT2D eigenvalue weighted by Gasteiger charge is 2.11. The smallest absolute Gasteiger partial charge is 0.307 e. The van der Waals surface area contributed by atoms with E-state index in [0.29, 0.717) is 32.6 Å². The van der Waals surface area contributed by atoms with E-state index in [0.717, 1.165) is 0 Å². The topological polar surface area (TPSA) is 76.2 Å². The van der Waals surface area contributed by atoms with E-state index >= 15 is 0 Å². The summed E-state index contributed by atoms with van der Waals surface area (Å²) in [5.74, 6) is -0.971. The molecule has 3 N–H and O–H groups in total. The lowest BCUT2D eigenvalue weighted by Crippen LogP contribution is -2.04. The summed E-state index contributed by atoms with van der Waals surface area (Å²) in [7, 11) is 0. The first-order valence-corrected chi connectivity index (χ1v) is 6.63. The molecule has 0 spiro atoms. The van der Waals surface area contributed by atoms with Crippen molar-refractivity contribution in [3.63, 3.8) is 0 Å². The zero-order chi connectivity index (χ0) is 14.9. The first kappa shape index (κ1) is 14.9. The average Bonchev–Trinajstić information content (AvgIpc) is 2.37. The molecule has 4 nitrogen and oxygen atoms in total. The molecule has 0 unspecified atom stereocenters. The van der Waals surface area contributed by atoms with Crippen LogP contribution in [0.4, 0.5) is 5.69 Å². The summed E-state index contributed by atoms with van der Waals surface area (Å²) < 4.78 is 0. The summed E-state index contributed by atoms with van der Waals surface area (Å²) in [6.45, 7) is 0. The molecule has 0 radical (unpaired) electrons. The number of nitrogen functional groups attached to an aromatic ring is 1. The molecule has 1 heterocycles. The predicted octanol–water partition coefficient (Wildman–Crippen LogP) is 3.92. The Kier molecular flexibility index (Phi) is 4.38. The number of hydrogen-bond donors (Lipinski definition) is 2. The van der Waals surface area contributed by atoms with Crippen LogP contribution in [0.5, 0.6) is 0 Å². The fourth-order valence-corrected chi connectivity index (χ4v) is 2.28. The standard InChI is InChI=1S/C13H9Cl3N2O2/c14-8-1-7(2-9(15)13(8)16)11-3-6(4-12(19)20)10(17)5-18-11/h1-3,5H,4,17H2,(H,19,20). The average molecular weight is 332 g/mol. The van der Waals surface area contributed by atoms with Gasteiger partial charge in [0.25, 0.3) is 0 Å². The van der Waals surface area contributed by atoms with E-state index in [-0.39, 0.29) is 11.4 Å². The van der Waals surface area contributed by atoms with Crippen LogP contribution < -0.4 is 5.73 Å². The number of halogens is 3. The van der Waals surface area contributed by atoms with Gasteiger partial charge in [0.2, 0.25) is 0 Å². The number of anilines is 1. The third kappa shape index (κ3) is 3.15. The van der Waals surface area contributed by atoms with E-state index in [9.17, 15) is 4.79 Å². The molecule has 104 valence electrons. The van der Waals surface area contributed by atoms with Gasteiger partial charge in [0.15, 0.2) is 0 Å². The van der Waals surface area contributed by atoms with E-state index in [4.69, 9.17) is 45.6 Å². The van der Waals surface area contributed by atoms with E-state index in [1.165, 1.54) is 6.20 Å². The van der Waals surface area contributed by atoms with Gasteiger partial charge < -0.3 is 10.8 Å². The maximum absolute atomic E-state index is 10.8. The van der Waals surface area contributed by atoms with Crippen molar-refractivity contribution in [2.24, 2.45) is 0 Å². The van der Waals surface area contributed by atoms with Crippen molar-refractivity contribution in [2.75, 3.05) is 5.73 Å². The molecule has 0 aliphatic rings. The second-order valence-corrected chi connectivity index (χ2v) is 5.29. The maximum atomic E-state index is 10.8. The summed E-state index contributed by atoms with van der Waals surface area (Å²) in [5, 5.41) is 9.70. The minimum absolute atomic E-state index is 0.184.